The Hall–Kier alpha value is -1.95. The van der Waals surface area contributed by atoms with Crippen LogP contribution in [0.15, 0.2) is 18.2 Å². The van der Waals surface area contributed by atoms with E-state index in [0.29, 0.717) is 6.04 Å². The third-order valence-corrected chi connectivity index (χ3v) is 5.30. The summed E-state index contributed by atoms with van der Waals surface area (Å²) in [6.07, 6.45) is 3.85. The molecule has 26 heavy (non-hydrogen) atoms. The second-order valence-electron chi connectivity index (χ2n) is 7.73. The van der Waals surface area contributed by atoms with E-state index in [1.165, 1.54) is 5.69 Å². The first kappa shape index (κ1) is 18.8. The predicted octanol–water partition coefficient (Wildman–Crippen LogP) is 2.60. The Bertz CT molecular complexity index is 606. The van der Waals surface area contributed by atoms with Gasteiger partial charge in [-0.25, -0.2) is 0 Å². The van der Waals surface area contributed by atoms with Crippen LogP contribution >= 0.6 is 0 Å². The SMILES string of the molecule is CC(C)NC(=O)C1CCC(Nc2cc(N3CCOCC3)ccc2N)CC1. The second-order valence-corrected chi connectivity index (χ2v) is 7.73. The molecule has 1 aromatic carbocycles. The maximum Gasteiger partial charge on any atom is 0.223 e. The second kappa shape index (κ2) is 8.62. The van der Waals surface area contributed by atoms with Gasteiger partial charge < -0.3 is 26.0 Å². The topological polar surface area (TPSA) is 79.6 Å². The normalized spacial score (nSPS) is 23.7. The Morgan fingerprint density at radius 2 is 1.88 bits per heavy atom. The molecule has 3 rings (SSSR count). The average molecular weight is 361 g/mol. The van der Waals surface area contributed by atoms with Crippen molar-refractivity contribution in [1.29, 1.82) is 0 Å². The largest absolute Gasteiger partial charge is 0.397 e. The number of nitrogen functional groups attached to an aromatic ring is 1. The number of carbonyl (C=O) groups is 1. The van der Waals surface area contributed by atoms with Gasteiger partial charge in [0, 0.05) is 36.8 Å². The van der Waals surface area contributed by atoms with Crippen LogP contribution in [0.2, 0.25) is 0 Å². The Morgan fingerprint density at radius 1 is 1.19 bits per heavy atom. The number of rotatable bonds is 5. The Kier molecular flexibility index (Phi) is 6.25. The molecule has 1 saturated carbocycles. The number of ether oxygens (including phenoxy) is 1. The molecule has 144 valence electrons. The van der Waals surface area contributed by atoms with Gasteiger partial charge in [0.1, 0.15) is 0 Å². The highest BCUT2D eigenvalue weighted by molar-refractivity contribution is 5.79. The fraction of sp³-hybridized carbons (Fsp3) is 0.650. The number of hydrogen-bond acceptors (Lipinski definition) is 5. The van der Waals surface area contributed by atoms with Gasteiger partial charge in [0.05, 0.1) is 24.6 Å². The summed E-state index contributed by atoms with van der Waals surface area (Å²) in [4.78, 5) is 14.5. The summed E-state index contributed by atoms with van der Waals surface area (Å²) in [5, 5.41) is 6.65. The lowest BCUT2D eigenvalue weighted by Gasteiger charge is -2.31. The van der Waals surface area contributed by atoms with Gasteiger partial charge in [-0.1, -0.05) is 0 Å². The van der Waals surface area contributed by atoms with Crippen LogP contribution in [0.5, 0.6) is 0 Å². The molecule has 2 aliphatic rings. The van der Waals surface area contributed by atoms with Gasteiger partial charge in [0.25, 0.3) is 0 Å². The highest BCUT2D eigenvalue weighted by atomic mass is 16.5. The number of nitrogens with two attached hydrogens (primary N) is 1. The third kappa shape index (κ3) is 4.81. The molecular weight excluding hydrogens is 328 g/mol. The zero-order valence-corrected chi connectivity index (χ0v) is 16.0. The molecule has 0 aromatic heterocycles. The molecule has 2 fully saturated rings. The van der Waals surface area contributed by atoms with E-state index < -0.39 is 0 Å². The van der Waals surface area contributed by atoms with Crippen LogP contribution < -0.4 is 21.3 Å². The number of hydrogen-bond donors (Lipinski definition) is 3. The van der Waals surface area contributed by atoms with Crippen molar-refractivity contribution in [3.63, 3.8) is 0 Å². The van der Waals surface area contributed by atoms with Crippen molar-refractivity contribution in [2.75, 3.05) is 42.3 Å². The molecule has 0 bridgehead atoms. The van der Waals surface area contributed by atoms with Gasteiger partial charge in [0.15, 0.2) is 0 Å². The molecule has 1 aliphatic heterocycles. The Labute approximate surface area is 156 Å². The first-order valence-corrected chi connectivity index (χ1v) is 9.82. The summed E-state index contributed by atoms with van der Waals surface area (Å²) in [6, 6.07) is 6.80. The zero-order chi connectivity index (χ0) is 18.5. The summed E-state index contributed by atoms with van der Waals surface area (Å²) in [6.45, 7) is 7.40. The van der Waals surface area contributed by atoms with E-state index in [-0.39, 0.29) is 17.9 Å². The van der Waals surface area contributed by atoms with E-state index >= 15 is 0 Å². The van der Waals surface area contributed by atoms with Crippen molar-refractivity contribution in [2.45, 2.75) is 51.6 Å². The molecule has 6 nitrogen and oxygen atoms in total. The monoisotopic (exact) mass is 360 g/mol. The Morgan fingerprint density at radius 3 is 2.54 bits per heavy atom. The van der Waals surface area contributed by atoms with E-state index in [1.54, 1.807) is 0 Å². The summed E-state index contributed by atoms with van der Waals surface area (Å²) in [7, 11) is 0. The molecule has 0 spiro atoms. The van der Waals surface area contributed by atoms with Crippen LogP contribution in [0.3, 0.4) is 0 Å². The number of benzene rings is 1. The lowest BCUT2D eigenvalue weighted by Crippen LogP contribution is -2.39. The molecule has 4 N–H and O–H groups in total. The minimum Gasteiger partial charge on any atom is -0.397 e. The molecular formula is C20H32N4O2. The number of morpholine rings is 1. The van der Waals surface area contributed by atoms with Crippen molar-refractivity contribution >= 4 is 23.0 Å². The molecule has 1 heterocycles. The minimum absolute atomic E-state index is 0.146. The number of nitrogens with one attached hydrogen (secondary N) is 2. The van der Waals surface area contributed by atoms with Crippen LogP contribution in [0.1, 0.15) is 39.5 Å². The van der Waals surface area contributed by atoms with Gasteiger partial charge in [-0.2, -0.15) is 0 Å². The molecule has 0 atom stereocenters. The zero-order valence-electron chi connectivity index (χ0n) is 16.0. The van der Waals surface area contributed by atoms with Crippen molar-refractivity contribution in [2.24, 2.45) is 5.92 Å². The molecule has 0 unspecified atom stereocenters. The smallest absolute Gasteiger partial charge is 0.223 e. The first-order valence-electron chi connectivity index (χ1n) is 9.82. The maximum atomic E-state index is 12.2. The number of nitrogens with zero attached hydrogens (tertiary/aromatic N) is 1. The summed E-state index contributed by atoms with van der Waals surface area (Å²) >= 11 is 0. The van der Waals surface area contributed by atoms with Crippen LogP contribution in [0, 0.1) is 5.92 Å². The standard InChI is InChI=1S/C20H32N4O2/c1-14(2)22-20(25)15-3-5-16(6-4-15)23-19-13-17(7-8-18(19)21)24-9-11-26-12-10-24/h7-8,13-16,23H,3-6,9-12,21H2,1-2H3,(H,22,25). The predicted molar refractivity (Wildman–Crippen MR) is 107 cm³/mol. The van der Waals surface area contributed by atoms with E-state index in [1.807, 2.05) is 19.9 Å². The van der Waals surface area contributed by atoms with Crippen molar-refractivity contribution in [3.8, 4) is 0 Å². The fourth-order valence-electron chi connectivity index (χ4n) is 3.81. The molecule has 6 heteroatoms. The van der Waals surface area contributed by atoms with E-state index in [9.17, 15) is 4.79 Å². The van der Waals surface area contributed by atoms with Gasteiger partial charge in [-0.05, 0) is 57.7 Å². The molecule has 0 radical (unpaired) electrons. The highest BCUT2D eigenvalue weighted by Gasteiger charge is 2.27. The fourth-order valence-corrected chi connectivity index (χ4v) is 3.81. The third-order valence-electron chi connectivity index (χ3n) is 5.30. The van der Waals surface area contributed by atoms with Crippen molar-refractivity contribution in [1.82, 2.24) is 5.32 Å². The van der Waals surface area contributed by atoms with Gasteiger partial charge in [0.2, 0.25) is 5.91 Å². The maximum absolute atomic E-state index is 12.2. The molecule has 1 aliphatic carbocycles. The van der Waals surface area contributed by atoms with Crippen LogP contribution in [-0.4, -0.2) is 44.3 Å². The lowest BCUT2D eigenvalue weighted by atomic mass is 9.85. The van der Waals surface area contributed by atoms with Gasteiger partial charge >= 0.3 is 0 Å². The minimum atomic E-state index is 0.146. The molecule has 1 amide bonds. The van der Waals surface area contributed by atoms with Gasteiger partial charge in [-0.15, -0.1) is 0 Å². The highest BCUT2D eigenvalue weighted by Crippen LogP contribution is 2.31. The quantitative estimate of drug-likeness (QED) is 0.704. The summed E-state index contributed by atoms with van der Waals surface area (Å²) in [5.74, 6) is 0.347. The Balaban J connectivity index is 1.57. The number of anilines is 3. The van der Waals surface area contributed by atoms with E-state index in [4.69, 9.17) is 10.5 Å². The van der Waals surface area contributed by atoms with E-state index in [0.717, 1.165) is 63.4 Å². The van der Waals surface area contributed by atoms with Gasteiger partial charge in [-0.3, -0.25) is 4.79 Å². The van der Waals surface area contributed by atoms with Crippen LogP contribution in [-0.2, 0) is 9.53 Å². The average Bonchev–Trinajstić information content (AvgIpc) is 2.64. The first-order chi connectivity index (χ1) is 12.5. The van der Waals surface area contributed by atoms with Crippen molar-refractivity contribution in [3.05, 3.63) is 18.2 Å². The number of carbonyl (C=O) groups excluding carboxylic acids is 1. The number of amides is 1. The molecule has 1 aromatic rings. The van der Waals surface area contributed by atoms with Crippen LogP contribution in [0.4, 0.5) is 17.1 Å². The van der Waals surface area contributed by atoms with E-state index in [2.05, 4.69) is 27.7 Å². The van der Waals surface area contributed by atoms with Crippen LogP contribution in [0.25, 0.3) is 0 Å². The summed E-state index contributed by atoms with van der Waals surface area (Å²) < 4.78 is 5.44. The molecule has 1 saturated heterocycles. The summed E-state index contributed by atoms with van der Waals surface area (Å²) in [5.41, 5.74) is 9.17. The van der Waals surface area contributed by atoms with Crippen molar-refractivity contribution < 1.29 is 9.53 Å². The lowest BCUT2D eigenvalue weighted by molar-refractivity contribution is -0.126.